The second-order valence-electron chi connectivity index (χ2n) is 2.81. The maximum atomic E-state index is 5.60. The van der Waals surface area contributed by atoms with E-state index in [-0.39, 0.29) is 0 Å². The minimum absolute atomic E-state index is 0.382. The highest BCUT2D eigenvalue weighted by atomic mass is 16.5. The minimum atomic E-state index is 0.382. The smallest absolute Gasteiger partial charge is 0.0550 e. The lowest BCUT2D eigenvalue weighted by Crippen LogP contribution is -2.15. The lowest BCUT2D eigenvalue weighted by molar-refractivity contribution is 0.00304. The Kier molecular flexibility index (Phi) is 5.70. The van der Waals surface area contributed by atoms with Crippen LogP contribution < -0.4 is 0 Å². The van der Waals surface area contributed by atoms with Crippen LogP contribution in [0.2, 0.25) is 0 Å². The van der Waals surface area contributed by atoms with E-state index in [0.29, 0.717) is 12.2 Å². The van der Waals surface area contributed by atoms with Gasteiger partial charge in [0.2, 0.25) is 0 Å². The summed E-state index contributed by atoms with van der Waals surface area (Å²) in [5.41, 5.74) is 0. The molecule has 0 aliphatic carbocycles. The zero-order valence-electron chi connectivity index (χ0n) is 7.39. The molecule has 0 fully saturated rings. The molecule has 1 heteroatoms. The molecule has 0 spiro atoms. The van der Waals surface area contributed by atoms with Gasteiger partial charge in [0.25, 0.3) is 0 Å². The van der Waals surface area contributed by atoms with Crippen LogP contribution in [0.1, 0.15) is 40.0 Å². The Labute approximate surface area is 64.8 Å². The molecular formula is C9H19O. The van der Waals surface area contributed by atoms with Crippen molar-refractivity contribution in [2.75, 3.05) is 0 Å². The first-order valence-corrected chi connectivity index (χ1v) is 4.15. The van der Waals surface area contributed by atoms with Gasteiger partial charge in [0.05, 0.1) is 12.2 Å². The van der Waals surface area contributed by atoms with Crippen LogP contribution in [0.5, 0.6) is 0 Å². The summed E-state index contributed by atoms with van der Waals surface area (Å²) in [4.78, 5) is 0. The van der Waals surface area contributed by atoms with Gasteiger partial charge in [-0.05, 0) is 26.7 Å². The van der Waals surface area contributed by atoms with Crippen molar-refractivity contribution in [3.05, 3.63) is 6.92 Å². The fourth-order valence-electron chi connectivity index (χ4n) is 0.848. The topological polar surface area (TPSA) is 9.23 Å². The molecule has 0 aliphatic heterocycles. The van der Waals surface area contributed by atoms with Crippen molar-refractivity contribution in [1.29, 1.82) is 0 Å². The third-order valence-electron chi connectivity index (χ3n) is 1.65. The highest BCUT2D eigenvalue weighted by Gasteiger charge is 2.04. The molecule has 0 aliphatic rings. The van der Waals surface area contributed by atoms with Gasteiger partial charge in [-0.2, -0.15) is 0 Å². The summed E-state index contributed by atoms with van der Waals surface area (Å²) < 4.78 is 5.60. The van der Waals surface area contributed by atoms with Crippen LogP contribution in [0.15, 0.2) is 0 Å². The molecule has 0 bridgehead atoms. The SMILES string of the molecule is [CH2]CCC(C)OC(C)CC. The van der Waals surface area contributed by atoms with Crippen LogP contribution in [0, 0.1) is 6.92 Å². The van der Waals surface area contributed by atoms with Crippen molar-refractivity contribution < 1.29 is 4.74 Å². The van der Waals surface area contributed by atoms with E-state index < -0.39 is 0 Å². The van der Waals surface area contributed by atoms with Crippen molar-refractivity contribution in [3.8, 4) is 0 Å². The van der Waals surface area contributed by atoms with E-state index in [4.69, 9.17) is 4.74 Å². The van der Waals surface area contributed by atoms with Gasteiger partial charge in [-0.15, -0.1) is 0 Å². The molecule has 0 aromatic carbocycles. The Balaban J connectivity index is 3.27. The number of ether oxygens (including phenoxy) is 1. The lowest BCUT2D eigenvalue weighted by atomic mass is 10.2. The normalized spacial score (nSPS) is 16.8. The molecule has 0 aromatic heterocycles. The third kappa shape index (κ3) is 4.80. The predicted molar refractivity (Wildman–Crippen MR) is 44.9 cm³/mol. The molecule has 1 radical (unpaired) electrons. The lowest BCUT2D eigenvalue weighted by Gasteiger charge is -2.16. The van der Waals surface area contributed by atoms with Crippen LogP contribution in [-0.4, -0.2) is 12.2 Å². The Morgan fingerprint density at radius 2 is 1.90 bits per heavy atom. The molecule has 0 heterocycles. The summed E-state index contributed by atoms with van der Waals surface area (Å²) in [5.74, 6) is 0. The predicted octanol–water partition coefficient (Wildman–Crippen LogP) is 2.80. The van der Waals surface area contributed by atoms with Crippen molar-refractivity contribution in [2.24, 2.45) is 0 Å². The zero-order chi connectivity index (χ0) is 7.98. The molecule has 0 rings (SSSR count). The van der Waals surface area contributed by atoms with E-state index in [1.54, 1.807) is 0 Å². The highest BCUT2D eigenvalue weighted by molar-refractivity contribution is 4.54. The van der Waals surface area contributed by atoms with Crippen molar-refractivity contribution in [3.63, 3.8) is 0 Å². The molecule has 10 heavy (non-hydrogen) atoms. The van der Waals surface area contributed by atoms with Crippen molar-refractivity contribution in [2.45, 2.75) is 52.2 Å². The highest BCUT2D eigenvalue weighted by Crippen LogP contribution is 2.06. The summed E-state index contributed by atoms with van der Waals surface area (Å²) in [7, 11) is 0. The van der Waals surface area contributed by atoms with E-state index in [9.17, 15) is 0 Å². The Morgan fingerprint density at radius 3 is 2.30 bits per heavy atom. The fourth-order valence-corrected chi connectivity index (χ4v) is 0.848. The summed E-state index contributed by atoms with van der Waals surface area (Å²) in [5, 5.41) is 0. The van der Waals surface area contributed by atoms with E-state index in [0.717, 1.165) is 19.3 Å². The Morgan fingerprint density at radius 1 is 1.30 bits per heavy atom. The maximum Gasteiger partial charge on any atom is 0.0550 e. The molecule has 2 atom stereocenters. The minimum Gasteiger partial charge on any atom is -0.376 e. The van der Waals surface area contributed by atoms with E-state index in [1.165, 1.54) is 0 Å². The summed E-state index contributed by atoms with van der Waals surface area (Å²) in [6.45, 7) is 10.1. The van der Waals surface area contributed by atoms with Crippen LogP contribution in [0.25, 0.3) is 0 Å². The van der Waals surface area contributed by atoms with Gasteiger partial charge in [-0.1, -0.05) is 20.3 Å². The standard InChI is InChI=1S/C9H19O/c1-5-7-9(4)10-8(3)6-2/h8-9H,1,5-7H2,2-4H3. The molecule has 2 unspecified atom stereocenters. The van der Waals surface area contributed by atoms with Crippen LogP contribution in [-0.2, 0) is 4.74 Å². The van der Waals surface area contributed by atoms with Gasteiger partial charge >= 0.3 is 0 Å². The summed E-state index contributed by atoms with van der Waals surface area (Å²) in [6, 6.07) is 0. The molecular weight excluding hydrogens is 124 g/mol. The average Bonchev–Trinajstić information content (AvgIpc) is 1.88. The quantitative estimate of drug-likeness (QED) is 0.575. The monoisotopic (exact) mass is 143 g/mol. The molecule has 1 nitrogen and oxygen atoms in total. The van der Waals surface area contributed by atoms with Gasteiger partial charge in [0.1, 0.15) is 0 Å². The molecule has 0 saturated heterocycles. The largest absolute Gasteiger partial charge is 0.376 e. The van der Waals surface area contributed by atoms with Crippen molar-refractivity contribution in [1.82, 2.24) is 0 Å². The van der Waals surface area contributed by atoms with E-state index in [2.05, 4.69) is 27.7 Å². The summed E-state index contributed by atoms with van der Waals surface area (Å²) >= 11 is 0. The first kappa shape index (κ1) is 9.96. The second-order valence-corrected chi connectivity index (χ2v) is 2.81. The van der Waals surface area contributed by atoms with Gasteiger partial charge in [-0.25, -0.2) is 0 Å². The Hall–Kier alpha value is -0.0400. The van der Waals surface area contributed by atoms with E-state index in [1.807, 2.05) is 0 Å². The first-order valence-electron chi connectivity index (χ1n) is 4.15. The number of hydrogen-bond donors (Lipinski definition) is 0. The number of rotatable bonds is 5. The first-order chi connectivity index (χ1) is 4.70. The average molecular weight is 143 g/mol. The maximum absolute atomic E-state index is 5.60. The van der Waals surface area contributed by atoms with Gasteiger partial charge < -0.3 is 4.74 Å². The van der Waals surface area contributed by atoms with Gasteiger partial charge in [0, 0.05) is 0 Å². The molecule has 0 aromatic rings. The number of hydrogen-bond acceptors (Lipinski definition) is 1. The molecule has 0 N–H and O–H groups in total. The van der Waals surface area contributed by atoms with E-state index >= 15 is 0 Å². The van der Waals surface area contributed by atoms with Gasteiger partial charge in [0.15, 0.2) is 0 Å². The van der Waals surface area contributed by atoms with Crippen LogP contribution in [0.3, 0.4) is 0 Å². The summed E-state index contributed by atoms with van der Waals surface area (Å²) in [6.07, 6.45) is 3.93. The molecule has 61 valence electrons. The molecule has 0 amide bonds. The van der Waals surface area contributed by atoms with Gasteiger partial charge in [-0.3, -0.25) is 0 Å². The van der Waals surface area contributed by atoms with Crippen LogP contribution >= 0.6 is 0 Å². The zero-order valence-corrected chi connectivity index (χ0v) is 7.39. The fraction of sp³-hybridized carbons (Fsp3) is 0.889. The second kappa shape index (κ2) is 5.72. The Bertz CT molecular complexity index is 71.1. The van der Waals surface area contributed by atoms with Crippen molar-refractivity contribution >= 4 is 0 Å². The molecule has 0 saturated carbocycles. The third-order valence-corrected chi connectivity index (χ3v) is 1.65. The van der Waals surface area contributed by atoms with Crippen LogP contribution in [0.4, 0.5) is 0 Å².